The molecule has 0 aromatic carbocycles. The van der Waals surface area contributed by atoms with Crippen LogP contribution in [0, 0.1) is 0 Å². The molecule has 2 saturated heterocycles. The normalized spacial score (nSPS) is 19.8. The first-order valence-corrected chi connectivity index (χ1v) is 10.7. The number of carbonyl (C=O) groups excluding carboxylic acids is 1. The largest absolute Gasteiger partial charge is 0.490 e. The van der Waals surface area contributed by atoms with Gasteiger partial charge in [0.15, 0.2) is 0 Å². The fraction of sp³-hybridized carbons (Fsp3) is 0.400. The maximum Gasteiger partial charge on any atom is 0.490 e. The van der Waals surface area contributed by atoms with E-state index in [0.29, 0.717) is 18.5 Å². The number of rotatable bonds is 3. The molecule has 4 rings (SSSR count). The van der Waals surface area contributed by atoms with Crippen molar-refractivity contribution in [2.24, 2.45) is 0 Å². The zero-order valence-electron chi connectivity index (χ0n) is 17.7. The molecule has 2 N–H and O–H groups in total. The van der Waals surface area contributed by atoms with Gasteiger partial charge in [-0.2, -0.15) is 26.3 Å². The van der Waals surface area contributed by atoms with Crippen molar-refractivity contribution in [2.75, 3.05) is 11.4 Å². The van der Waals surface area contributed by atoms with E-state index in [2.05, 4.69) is 27.4 Å². The molecule has 0 saturated carbocycles. The van der Waals surface area contributed by atoms with Gasteiger partial charge in [0.25, 0.3) is 0 Å². The molecule has 0 aliphatic carbocycles. The van der Waals surface area contributed by atoms with Crippen molar-refractivity contribution < 1.29 is 50.9 Å². The highest BCUT2D eigenvalue weighted by atomic mass is 32.1. The van der Waals surface area contributed by atoms with Gasteiger partial charge < -0.3 is 15.1 Å². The first kappa shape index (κ1) is 28.0. The molecule has 0 unspecified atom stereocenters. The Balaban J connectivity index is 0.000000257. The number of amides is 1. The second-order valence-corrected chi connectivity index (χ2v) is 8.29. The zero-order chi connectivity index (χ0) is 26.4. The SMILES string of the molecule is O=C(O)C(F)(F)F.O=C(O)C(F)(F)F.O=C1C[C@@H]2[C@H](CCN2Cc2cccs2)N1c1cccnc1. The van der Waals surface area contributed by atoms with Crippen LogP contribution in [-0.4, -0.2) is 68.9 Å². The Bertz CT molecular complexity index is 977. The van der Waals surface area contributed by atoms with Crippen LogP contribution in [0.1, 0.15) is 17.7 Å². The van der Waals surface area contributed by atoms with Gasteiger partial charge in [0.05, 0.1) is 17.9 Å². The molecule has 2 aromatic heterocycles. The number of aromatic nitrogens is 1. The van der Waals surface area contributed by atoms with E-state index in [1.54, 1.807) is 23.7 Å². The number of halogens is 6. The van der Waals surface area contributed by atoms with Gasteiger partial charge in [-0.3, -0.25) is 14.7 Å². The fourth-order valence-corrected chi connectivity index (χ4v) is 4.29. The van der Waals surface area contributed by atoms with Crippen molar-refractivity contribution in [1.82, 2.24) is 9.88 Å². The summed E-state index contributed by atoms with van der Waals surface area (Å²) in [7, 11) is 0. The van der Waals surface area contributed by atoms with Crippen LogP contribution in [0.25, 0.3) is 0 Å². The van der Waals surface area contributed by atoms with Gasteiger partial charge in [0, 0.05) is 36.6 Å². The number of nitrogens with zero attached hydrogens (tertiary/aromatic N) is 3. The summed E-state index contributed by atoms with van der Waals surface area (Å²) in [6.07, 6.45) is -4.94. The van der Waals surface area contributed by atoms with Crippen molar-refractivity contribution in [3.05, 3.63) is 46.9 Å². The Labute approximate surface area is 198 Å². The maximum absolute atomic E-state index is 12.4. The minimum atomic E-state index is -5.08. The van der Waals surface area contributed by atoms with Gasteiger partial charge in [-0.1, -0.05) is 6.07 Å². The van der Waals surface area contributed by atoms with Gasteiger partial charge in [-0.15, -0.1) is 11.3 Å². The lowest BCUT2D eigenvalue weighted by molar-refractivity contribution is -0.193. The lowest BCUT2D eigenvalue weighted by Crippen LogP contribution is -2.37. The highest BCUT2D eigenvalue weighted by Crippen LogP contribution is 2.36. The predicted octanol–water partition coefficient (Wildman–Crippen LogP) is 3.79. The summed E-state index contributed by atoms with van der Waals surface area (Å²) in [5.41, 5.74) is 0.938. The third kappa shape index (κ3) is 7.92. The van der Waals surface area contributed by atoms with E-state index in [-0.39, 0.29) is 5.91 Å². The minimum Gasteiger partial charge on any atom is -0.475 e. The fourth-order valence-electron chi connectivity index (χ4n) is 3.56. The van der Waals surface area contributed by atoms with Crippen LogP contribution < -0.4 is 4.90 Å². The number of likely N-dealkylation sites (tertiary alicyclic amines) is 1. The van der Waals surface area contributed by atoms with Crippen LogP contribution >= 0.6 is 11.3 Å². The summed E-state index contributed by atoms with van der Waals surface area (Å²) < 4.78 is 63.5. The van der Waals surface area contributed by atoms with Gasteiger partial charge in [-0.05, 0) is 30.0 Å². The molecule has 192 valence electrons. The zero-order valence-corrected chi connectivity index (χ0v) is 18.5. The third-order valence-electron chi connectivity index (χ3n) is 4.96. The third-order valence-corrected chi connectivity index (χ3v) is 5.82. The molecular weight excluding hydrogens is 508 g/mol. The second-order valence-electron chi connectivity index (χ2n) is 7.26. The van der Waals surface area contributed by atoms with E-state index in [1.165, 1.54) is 4.88 Å². The van der Waals surface area contributed by atoms with E-state index >= 15 is 0 Å². The second kappa shape index (κ2) is 11.5. The molecule has 15 heteroatoms. The number of carbonyl (C=O) groups is 3. The number of thiophene rings is 1. The lowest BCUT2D eigenvalue weighted by Gasteiger charge is -2.25. The van der Waals surface area contributed by atoms with E-state index in [1.807, 2.05) is 17.0 Å². The standard InChI is InChI=1S/C16H17N3OS.2C2HF3O2/c20-16-9-15-14(19(16)12-3-1-6-17-10-12)5-7-18(15)11-13-4-2-8-21-13;2*3-2(4,5)1(6)7/h1-4,6,8,10,14-15H,5,7,9,11H2;2*(H,6,7)/t14-,15+;;/m0../s1. The predicted molar refractivity (Wildman–Crippen MR) is 111 cm³/mol. The quantitative estimate of drug-likeness (QED) is 0.585. The first-order valence-electron chi connectivity index (χ1n) is 9.80. The monoisotopic (exact) mass is 527 g/mol. The molecule has 2 aliphatic heterocycles. The molecule has 8 nitrogen and oxygen atoms in total. The number of fused-ring (bicyclic) bond motifs is 1. The summed E-state index contributed by atoms with van der Waals surface area (Å²) in [6.45, 7) is 2.03. The minimum absolute atomic E-state index is 0.230. The Kier molecular flexibility index (Phi) is 9.20. The molecule has 2 aromatic rings. The number of carboxylic acid groups (broad SMARTS) is 2. The van der Waals surface area contributed by atoms with E-state index in [4.69, 9.17) is 19.8 Å². The van der Waals surface area contributed by atoms with E-state index in [9.17, 15) is 31.1 Å². The van der Waals surface area contributed by atoms with Gasteiger partial charge in [-0.25, -0.2) is 9.59 Å². The van der Waals surface area contributed by atoms with Gasteiger partial charge >= 0.3 is 24.3 Å². The number of aliphatic carboxylic acids is 2. The Morgan fingerprint density at radius 1 is 1.03 bits per heavy atom. The van der Waals surface area contributed by atoms with Crippen molar-refractivity contribution in [2.45, 2.75) is 43.8 Å². The Morgan fingerprint density at radius 3 is 2.09 bits per heavy atom. The molecular formula is C20H19F6N3O5S. The van der Waals surface area contributed by atoms with Crippen LogP contribution in [-0.2, 0) is 20.9 Å². The Morgan fingerprint density at radius 2 is 1.63 bits per heavy atom. The molecule has 2 fully saturated rings. The van der Waals surface area contributed by atoms with Crippen molar-refractivity contribution in [3.63, 3.8) is 0 Å². The van der Waals surface area contributed by atoms with Crippen molar-refractivity contribution >= 4 is 34.9 Å². The summed E-state index contributed by atoms with van der Waals surface area (Å²) in [5.74, 6) is -5.28. The summed E-state index contributed by atoms with van der Waals surface area (Å²) in [4.78, 5) is 40.2. The van der Waals surface area contributed by atoms with Crippen LogP contribution in [0.15, 0.2) is 42.0 Å². The summed E-state index contributed by atoms with van der Waals surface area (Å²) >= 11 is 1.79. The molecule has 4 heterocycles. The molecule has 2 atom stereocenters. The molecule has 1 amide bonds. The summed E-state index contributed by atoms with van der Waals surface area (Å²) in [5, 5.41) is 16.4. The van der Waals surface area contributed by atoms with E-state index < -0.39 is 24.3 Å². The molecule has 0 bridgehead atoms. The molecule has 0 spiro atoms. The smallest absolute Gasteiger partial charge is 0.475 e. The van der Waals surface area contributed by atoms with Crippen molar-refractivity contribution in [1.29, 1.82) is 0 Å². The summed E-state index contributed by atoms with van der Waals surface area (Å²) in [6, 6.07) is 8.80. The lowest BCUT2D eigenvalue weighted by atomic mass is 10.1. The average molecular weight is 527 g/mol. The number of anilines is 1. The van der Waals surface area contributed by atoms with Crippen LogP contribution in [0.4, 0.5) is 32.0 Å². The topological polar surface area (TPSA) is 111 Å². The highest BCUT2D eigenvalue weighted by Gasteiger charge is 2.47. The van der Waals surface area contributed by atoms with Crippen molar-refractivity contribution in [3.8, 4) is 0 Å². The van der Waals surface area contributed by atoms with Crippen LogP contribution in [0.5, 0.6) is 0 Å². The van der Waals surface area contributed by atoms with Gasteiger partial charge in [0.1, 0.15) is 0 Å². The van der Waals surface area contributed by atoms with E-state index in [0.717, 1.165) is 25.2 Å². The molecule has 35 heavy (non-hydrogen) atoms. The number of carboxylic acids is 2. The van der Waals surface area contributed by atoms with Crippen LogP contribution in [0.2, 0.25) is 0 Å². The highest BCUT2D eigenvalue weighted by molar-refractivity contribution is 7.09. The average Bonchev–Trinajstić information content (AvgIpc) is 3.47. The number of pyridine rings is 1. The molecule has 2 aliphatic rings. The maximum atomic E-state index is 12.4. The van der Waals surface area contributed by atoms with Gasteiger partial charge in [0.2, 0.25) is 5.91 Å². The first-order chi connectivity index (χ1) is 16.2. The number of alkyl halides is 6. The molecule has 0 radical (unpaired) electrons. The Hall–Kier alpha value is -3.20. The number of hydrogen-bond acceptors (Lipinski definition) is 6. The number of hydrogen-bond donors (Lipinski definition) is 2. The van der Waals surface area contributed by atoms with Crippen LogP contribution in [0.3, 0.4) is 0 Å².